The van der Waals surface area contributed by atoms with Gasteiger partial charge in [0.15, 0.2) is 0 Å². The van der Waals surface area contributed by atoms with Crippen molar-refractivity contribution in [1.29, 1.82) is 0 Å². The van der Waals surface area contributed by atoms with E-state index in [0.717, 1.165) is 0 Å². The fraction of sp³-hybridized carbons (Fsp3) is 0.267. The van der Waals surface area contributed by atoms with Crippen LogP contribution in [0.2, 0.25) is 0 Å². The third-order valence-corrected chi connectivity index (χ3v) is 4.33. The quantitative estimate of drug-likeness (QED) is 0.853. The lowest BCUT2D eigenvalue weighted by molar-refractivity contribution is 0.930. The molecule has 2 rings (SSSR count). The zero-order valence-electron chi connectivity index (χ0n) is 10.8. The summed E-state index contributed by atoms with van der Waals surface area (Å²) in [5.41, 5.74) is 9.66. The highest BCUT2D eigenvalue weighted by molar-refractivity contribution is 7.99. The highest BCUT2D eigenvalue weighted by Crippen LogP contribution is 2.36. The number of aromatic nitrogens is 1. The van der Waals surface area contributed by atoms with E-state index in [4.69, 9.17) is 5.73 Å². The van der Waals surface area contributed by atoms with Crippen molar-refractivity contribution in [2.75, 3.05) is 6.54 Å². The topological polar surface area (TPSA) is 38.9 Å². The Morgan fingerprint density at radius 1 is 1.28 bits per heavy atom. The molecule has 2 N–H and O–H groups in total. The minimum atomic E-state index is 0.263. The number of hydrogen-bond donors (Lipinski definition) is 1. The Hall–Kier alpha value is -1.32. The van der Waals surface area contributed by atoms with Crippen molar-refractivity contribution in [1.82, 2.24) is 4.98 Å². The van der Waals surface area contributed by atoms with Crippen LogP contribution in [0, 0.1) is 13.8 Å². The first-order chi connectivity index (χ1) is 8.70. The van der Waals surface area contributed by atoms with Gasteiger partial charge in [0.05, 0.1) is 0 Å². The predicted molar refractivity (Wildman–Crippen MR) is 77.8 cm³/mol. The number of nitrogens with zero attached hydrogens (tertiary/aromatic N) is 1. The van der Waals surface area contributed by atoms with Crippen molar-refractivity contribution < 1.29 is 0 Å². The number of hydrogen-bond acceptors (Lipinski definition) is 3. The minimum absolute atomic E-state index is 0.263. The van der Waals surface area contributed by atoms with Crippen molar-refractivity contribution in [2.24, 2.45) is 5.73 Å². The molecule has 1 heterocycles. The molecule has 1 atom stereocenters. The molecule has 1 aromatic heterocycles. The molecular weight excluding hydrogens is 240 g/mol. The van der Waals surface area contributed by atoms with Crippen LogP contribution in [0.3, 0.4) is 0 Å². The lowest BCUT2D eigenvalue weighted by atomic mass is 10.2. The van der Waals surface area contributed by atoms with Gasteiger partial charge in [0.25, 0.3) is 0 Å². The molecule has 18 heavy (non-hydrogen) atoms. The highest BCUT2D eigenvalue weighted by Gasteiger charge is 2.12. The average Bonchev–Trinajstić information content (AvgIpc) is 2.41. The van der Waals surface area contributed by atoms with Gasteiger partial charge in [-0.15, -0.1) is 11.8 Å². The van der Waals surface area contributed by atoms with Crippen LogP contribution in [-0.4, -0.2) is 11.5 Å². The largest absolute Gasteiger partial charge is 0.329 e. The van der Waals surface area contributed by atoms with Crippen LogP contribution in [0.25, 0.3) is 0 Å². The molecule has 0 aliphatic rings. The van der Waals surface area contributed by atoms with Crippen molar-refractivity contribution in [3.05, 3.63) is 59.4 Å². The average molecular weight is 258 g/mol. The summed E-state index contributed by atoms with van der Waals surface area (Å²) >= 11 is 1.82. The number of nitrogens with two attached hydrogens (primary N) is 1. The fourth-order valence-corrected chi connectivity index (χ4v) is 2.99. The van der Waals surface area contributed by atoms with Gasteiger partial charge in [-0.2, -0.15) is 0 Å². The van der Waals surface area contributed by atoms with Gasteiger partial charge in [-0.25, -0.2) is 0 Å². The van der Waals surface area contributed by atoms with Crippen LogP contribution in [0.15, 0.2) is 47.6 Å². The molecule has 0 bridgehead atoms. The summed E-state index contributed by atoms with van der Waals surface area (Å²) in [6.07, 6.45) is 3.69. The van der Waals surface area contributed by atoms with E-state index in [9.17, 15) is 0 Å². The van der Waals surface area contributed by atoms with Crippen LogP contribution in [0.4, 0.5) is 0 Å². The molecule has 2 aromatic rings. The van der Waals surface area contributed by atoms with Gasteiger partial charge in [0.1, 0.15) is 0 Å². The Labute approximate surface area is 113 Å². The summed E-state index contributed by atoms with van der Waals surface area (Å²) in [4.78, 5) is 5.47. The van der Waals surface area contributed by atoms with E-state index in [1.807, 2.05) is 24.0 Å². The molecule has 2 nitrogen and oxygen atoms in total. The van der Waals surface area contributed by atoms with Crippen molar-refractivity contribution in [3.63, 3.8) is 0 Å². The maximum atomic E-state index is 5.89. The molecule has 3 heteroatoms. The van der Waals surface area contributed by atoms with Gasteiger partial charge in [-0.3, -0.25) is 4.98 Å². The van der Waals surface area contributed by atoms with Gasteiger partial charge in [0, 0.05) is 29.1 Å². The van der Waals surface area contributed by atoms with E-state index in [2.05, 4.69) is 43.1 Å². The summed E-state index contributed by atoms with van der Waals surface area (Å²) in [7, 11) is 0. The smallest absolute Gasteiger partial charge is 0.0482 e. The number of thioether (sulfide) groups is 1. The molecule has 0 saturated carbocycles. The first-order valence-electron chi connectivity index (χ1n) is 6.04. The monoisotopic (exact) mass is 258 g/mol. The van der Waals surface area contributed by atoms with E-state index >= 15 is 0 Å². The first kappa shape index (κ1) is 13.1. The third-order valence-electron chi connectivity index (χ3n) is 2.88. The van der Waals surface area contributed by atoms with Gasteiger partial charge in [-0.1, -0.05) is 23.8 Å². The highest BCUT2D eigenvalue weighted by atomic mass is 32.2. The van der Waals surface area contributed by atoms with Crippen LogP contribution in [-0.2, 0) is 0 Å². The minimum Gasteiger partial charge on any atom is -0.329 e. The molecular formula is C15H18N2S. The molecule has 0 fully saturated rings. The molecule has 94 valence electrons. The van der Waals surface area contributed by atoms with Crippen molar-refractivity contribution >= 4 is 11.8 Å². The molecule has 1 aromatic carbocycles. The molecule has 1 unspecified atom stereocenters. The van der Waals surface area contributed by atoms with Crippen LogP contribution in [0.1, 0.15) is 21.9 Å². The third kappa shape index (κ3) is 3.12. The normalized spacial score (nSPS) is 12.4. The van der Waals surface area contributed by atoms with E-state index in [-0.39, 0.29) is 5.25 Å². The van der Waals surface area contributed by atoms with Crippen LogP contribution >= 0.6 is 11.8 Å². The fourth-order valence-electron chi connectivity index (χ4n) is 1.81. The van der Waals surface area contributed by atoms with E-state index in [0.29, 0.717) is 6.54 Å². The second-order valence-electron chi connectivity index (χ2n) is 4.40. The van der Waals surface area contributed by atoms with Crippen molar-refractivity contribution in [3.8, 4) is 0 Å². The van der Waals surface area contributed by atoms with Crippen molar-refractivity contribution in [2.45, 2.75) is 24.0 Å². The van der Waals surface area contributed by atoms with E-state index < -0.39 is 0 Å². The van der Waals surface area contributed by atoms with E-state index in [1.165, 1.54) is 21.6 Å². The summed E-state index contributed by atoms with van der Waals surface area (Å²) in [6, 6.07) is 10.6. The second-order valence-corrected chi connectivity index (χ2v) is 5.64. The molecule has 0 amide bonds. The molecule has 0 radical (unpaired) electrons. The van der Waals surface area contributed by atoms with E-state index in [1.54, 1.807) is 6.20 Å². The van der Waals surface area contributed by atoms with Gasteiger partial charge in [0.2, 0.25) is 0 Å². The summed E-state index contributed by atoms with van der Waals surface area (Å²) < 4.78 is 0. The Bertz CT molecular complexity index is 511. The summed E-state index contributed by atoms with van der Waals surface area (Å²) in [5, 5.41) is 0.263. The number of pyridine rings is 1. The maximum absolute atomic E-state index is 5.89. The zero-order chi connectivity index (χ0) is 13.0. The standard InChI is InChI=1S/C15H18N2S/c1-11-5-6-12(2)14(8-11)18-15(9-16)13-4-3-7-17-10-13/h3-8,10,15H,9,16H2,1-2H3. The zero-order valence-corrected chi connectivity index (χ0v) is 11.6. The van der Waals surface area contributed by atoms with Crippen LogP contribution in [0.5, 0.6) is 0 Å². The lowest BCUT2D eigenvalue weighted by Crippen LogP contribution is -2.09. The van der Waals surface area contributed by atoms with Gasteiger partial charge < -0.3 is 5.73 Å². The second kappa shape index (κ2) is 6.03. The molecule has 0 aliphatic carbocycles. The Morgan fingerprint density at radius 2 is 2.11 bits per heavy atom. The SMILES string of the molecule is Cc1ccc(C)c(SC(CN)c2cccnc2)c1. The number of rotatable bonds is 4. The molecule has 0 saturated heterocycles. The Morgan fingerprint density at radius 3 is 2.78 bits per heavy atom. The Kier molecular flexibility index (Phi) is 4.39. The molecule has 0 spiro atoms. The first-order valence-corrected chi connectivity index (χ1v) is 6.92. The number of aryl methyl sites for hydroxylation is 2. The van der Waals surface area contributed by atoms with Gasteiger partial charge >= 0.3 is 0 Å². The molecule has 0 aliphatic heterocycles. The predicted octanol–water partition coefficient (Wildman–Crippen LogP) is 3.49. The maximum Gasteiger partial charge on any atom is 0.0482 e. The number of benzene rings is 1. The Balaban J connectivity index is 2.23. The van der Waals surface area contributed by atoms with Gasteiger partial charge in [-0.05, 0) is 37.1 Å². The van der Waals surface area contributed by atoms with Crippen LogP contribution < -0.4 is 5.73 Å². The summed E-state index contributed by atoms with van der Waals surface area (Å²) in [6.45, 7) is 4.87. The summed E-state index contributed by atoms with van der Waals surface area (Å²) in [5.74, 6) is 0. The lowest BCUT2D eigenvalue weighted by Gasteiger charge is -2.16.